The van der Waals surface area contributed by atoms with Gasteiger partial charge in [-0.05, 0) is 19.9 Å². The van der Waals surface area contributed by atoms with Gasteiger partial charge >= 0.3 is 17.9 Å². The Morgan fingerprint density at radius 2 is 1.78 bits per heavy atom. The average molecular weight is 319 g/mol. The van der Waals surface area contributed by atoms with Crippen molar-refractivity contribution < 1.29 is 28.6 Å². The zero-order valence-electron chi connectivity index (χ0n) is 12.8. The van der Waals surface area contributed by atoms with Gasteiger partial charge in [-0.15, -0.1) is 0 Å². The standard InChI is InChI=1S/C16H17NO6/c1-3-21-14(19)16(15(20)22-4-2)11-13(18)23-12(16)9-7-5-6-8-10(9)17-11/h5-8,11-12,17H,3-4H2,1-2H3/t11-,12+/m1/s1. The number of fused-ring (bicyclic) bond motifs is 4. The van der Waals surface area contributed by atoms with Crippen LogP contribution in [0.1, 0.15) is 25.5 Å². The maximum absolute atomic E-state index is 12.7. The molecule has 1 aromatic rings. The molecule has 3 rings (SSSR count). The number of carbonyl (C=O) groups is 3. The summed E-state index contributed by atoms with van der Waals surface area (Å²) in [5, 5.41) is 2.93. The number of ether oxygens (including phenoxy) is 3. The molecule has 2 heterocycles. The minimum Gasteiger partial charge on any atom is -0.465 e. The molecule has 0 aliphatic carbocycles. The molecular weight excluding hydrogens is 302 g/mol. The van der Waals surface area contributed by atoms with Gasteiger partial charge in [0.05, 0.1) is 13.2 Å². The van der Waals surface area contributed by atoms with Gasteiger partial charge in [-0.3, -0.25) is 9.59 Å². The van der Waals surface area contributed by atoms with Gasteiger partial charge in [-0.1, -0.05) is 18.2 Å². The van der Waals surface area contributed by atoms with Crippen LogP contribution in [0.25, 0.3) is 0 Å². The van der Waals surface area contributed by atoms with Crippen LogP contribution in [0.5, 0.6) is 0 Å². The number of rotatable bonds is 4. The van der Waals surface area contributed by atoms with E-state index in [0.29, 0.717) is 11.3 Å². The molecule has 2 bridgehead atoms. The summed E-state index contributed by atoms with van der Waals surface area (Å²) < 4.78 is 15.5. The Kier molecular flexibility index (Phi) is 3.71. The van der Waals surface area contributed by atoms with Crippen molar-refractivity contribution in [2.24, 2.45) is 5.41 Å². The van der Waals surface area contributed by atoms with Gasteiger partial charge in [0.1, 0.15) is 0 Å². The summed E-state index contributed by atoms with van der Waals surface area (Å²) in [7, 11) is 0. The van der Waals surface area contributed by atoms with E-state index in [1.165, 1.54) is 0 Å². The number of nitrogens with one attached hydrogen (secondary N) is 1. The fraction of sp³-hybridized carbons (Fsp3) is 0.438. The van der Waals surface area contributed by atoms with Crippen LogP contribution in [0, 0.1) is 5.41 Å². The highest BCUT2D eigenvalue weighted by Gasteiger charge is 2.72. The predicted octanol–water partition coefficient (Wildman–Crippen LogP) is 1.19. The summed E-state index contributed by atoms with van der Waals surface area (Å²) >= 11 is 0. The molecule has 0 aromatic heterocycles. The molecule has 2 atom stereocenters. The second kappa shape index (κ2) is 5.57. The molecular formula is C16H17NO6. The van der Waals surface area contributed by atoms with Crippen LogP contribution < -0.4 is 5.32 Å². The second-order valence-corrected chi connectivity index (χ2v) is 5.29. The smallest absolute Gasteiger partial charge is 0.331 e. The SMILES string of the molecule is CCOC(=O)C1(C(=O)OCC)[C@@H]2Nc3ccccc3[C@@H]1OC2=O. The highest BCUT2D eigenvalue weighted by molar-refractivity contribution is 6.10. The first-order valence-corrected chi connectivity index (χ1v) is 7.47. The Hall–Kier alpha value is -2.57. The summed E-state index contributed by atoms with van der Waals surface area (Å²) in [4.78, 5) is 37.6. The van der Waals surface area contributed by atoms with Crippen molar-refractivity contribution in [3.8, 4) is 0 Å². The highest BCUT2D eigenvalue weighted by atomic mass is 16.6. The Labute approximate surface area is 132 Å². The van der Waals surface area contributed by atoms with Gasteiger partial charge in [0, 0.05) is 11.3 Å². The van der Waals surface area contributed by atoms with Crippen molar-refractivity contribution in [1.82, 2.24) is 0 Å². The molecule has 1 aromatic carbocycles. The fourth-order valence-corrected chi connectivity index (χ4v) is 3.14. The second-order valence-electron chi connectivity index (χ2n) is 5.29. The number of anilines is 1. The van der Waals surface area contributed by atoms with E-state index >= 15 is 0 Å². The molecule has 1 fully saturated rings. The lowest BCUT2D eigenvalue weighted by Crippen LogP contribution is -2.57. The van der Waals surface area contributed by atoms with Crippen LogP contribution in [0.3, 0.4) is 0 Å². The average Bonchev–Trinajstić information content (AvgIpc) is 2.74. The van der Waals surface area contributed by atoms with Gasteiger partial charge in [0.2, 0.25) is 5.41 Å². The zero-order valence-corrected chi connectivity index (χ0v) is 12.8. The van der Waals surface area contributed by atoms with Gasteiger partial charge in [0.15, 0.2) is 12.1 Å². The zero-order chi connectivity index (χ0) is 16.6. The molecule has 0 radical (unpaired) electrons. The highest BCUT2D eigenvalue weighted by Crippen LogP contribution is 2.54. The lowest BCUT2D eigenvalue weighted by molar-refractivity contribution is -0.177. The number of hydrogen-bond acceptors (Lipinski definition) is 7. The Bertz CT molecular complexity index is 652. The topological polar surface area (TPSA) is 90.9 Å². The van der Waals surface area contributed by atoms with Crippen molar-refractivity contribution in [2.75, 3.05) is 18.5 Å². The Morgan fingerprint density at radius 3 is 2.39 bits per heavy atom. The largest absolute Gasteiger partial charge is 0.465 e. The monoisotopic (exact) mass is 319 g/mol. The molecule has 122 valence electrons. The van der Waals surface area contributed by atoms with Gasteiger partial charge in [-0.2, -0.15) is 0 Å². The summed E-state index contributed by atoms with van der Waals surface area (Å²) in [5.41, 5.74) is -0.662. The number of para-hydroxylation sites is 1. The van der Waals surface area contributed by atoms with Crippen molar-refractivity contribution in [3.05, 3.63) is 29.8 Å². The molecule has 7 heteroatoms. The lowest BCUT2D eigenvalue weighted by atomic mass is 9.71. The van der Waals surface area contributed by atoms with E-state index in [-0.39, 0.29) is 13.2 Å². The van der Waals surface area contributed by atoms with E-state index in [0.717, 1.165) is 0 Å². The summed E-state index contributed by atoms with van der Waals surface area (Å²) in [6.45, 7) is 3.42. The van der Waals surface area contributed by atoms with E-state index in [1.54, 1.807) is 38.1 Å². The molecule has 0 spiro atoms. The van der Waals surface area contributed by atoms with Gasteiger partial charge < -0.3 is 19.5 Å². The maximum Gasteiger partial charge on any atom is 0.331 e. The van der Waals surface area contributed by atoms with E-state index in [2.05, 4.69) is 5.32 Å². The van der Waals surface area contributed by atoms with Gasteiger partial charge in [0.25, 0.3) is 0 Å². The quantitative estimate of drug-likeness (QED) is 0.506. The molecule has 0 amide bonds. The minimum atomic E-state index is -1.86. The Morgan fingerprint density at radius 1 is 1.17 bits per heavy atom. The minimum absolute atomic E-state index is 0.0786. The molecule has 2 aliphatic rings. The van der Waals surface area contributed by atoms with Crippen LogP contribution in [-0.4, -0.2) is 37.2 Å². The molecule has 1 N–H and O–H groups in total. The van der Waals surface area contributed by atoms with E-state index in [9.17, 15) is 14.4 Å². The number of benzene rings is 1. The van der Waals surface area contributed by atoms with Crippen LogP contribution in [-0.2, 0) is 28.6 Å². The maximum atomic E-state index is 12.7. The first-order chi connectivity index (χ1) is 11.1. The summed E-state index contributed by atoms with van der Waals surface area (Å²) in [5.74, 6) is -2.31. The molecule has 23 heavy (non-hydrogen) atoms. The molecule has 1 saturated heterocycles. The van der Waals surface area contributed by atoms with Crippen LogP contribution in [0.15, 0.2) is 24.3 Å². The third-order valence-corrected chi connectivity index (χ3v) is 4.11. The normalized spacial score (nSPS) is 23.3. The van der Waals surface area contributed by atoms with Gasteiger partial charge in [-0.25, -0.2) is 4.79 Å². The first kappa shape index (κ1) is 15.3. The first-order valence-electron chi connectivity index (χ1n) is 7.47. The van der Waals surface area contributed by atoms with E-state index < -0.39 is 35.5 Å². The van der Waals surface area contributed by atoms with Crippen LogP contribution >= 0.6 is 0 Å². The van der Waals surface area contributed by atoms with E-state index in [4.69, 9.17) is 14.2 Å². The number of hydrogen-bond donors (Lipinski definition) is 1. The third-order valence-electron chi connectivity index (χ3n) is 4.11. The molecule has 7 nitrogen and oxygen atoms in total. The van der Waals surface area contributed by atoms with E-state index in [1.807, 2.05) is 0 Å². The predicted molar refractivity (Wildman–Crippen MR) is 78.4 cm³/mol. The van der Waals surface area contributed by atoms with Crippen molar-refractivity contribution in [2.45, 2.75) is 26.0 Å². The molecule has 2 aliphatic heterocycles. The summed E-state index contributed by atoms with van der Waals surface area (Å²) in [6.07, 6.45) is -1.06. The van der Waals surface area contributed by atoms with Crippen molar-refractivity contribution in [1.29, 1.82) is 0 Å². The molecule has 0 unspecified atom stereocenters. The summed E-state index contributed by atoms with van der Waals surface area (Å²) in [6, 6.07) is 5.83. The van der Waals surface area contributed by atoms with Crippen LogP contribution in [0.2, 0.25) is 0 Å². The lowest BCUT2D eigenvalue weighted by Gasteiger charge is -2.36. The number of esters is 3. The number of carbonyl (C=O) groups excluding carboxylic acids is 3. The fourth-order valence-electron chi connectivity index (χ4n) is 3.14. The molecule has 0 saturated carbocycles. The van der Waals surface area contributed by atoms with Crippen LogP contribution in [0.4, 0.5) is 5.69 Å². The Balaban J connectivity index is 2.18. The van der Waals surface area contributed by atoms with Crippen molar-refractivity contribution in [3.63, 3.8) is 0 Å². The third kappa shape index (κ3) is 1.99. The van der Waals surface area contributed by atoms with Crippen molar-refractivity contribution >= 4 is 23.6 Å².